The van der Waals surface area contributed by atoms with Crippen molar-refractivity contribution in [1.82, 2.24) is 15.1 Å². The van der Waals surface area contributed by atoms with E-state index in [1.54, 1.807) is 11.8 Å². The van der Waals surface area contributed by atoms with Crippen LogP contribution in [0.15, 0.2) is 54.6 Å². The Kier molecular flexibility index (Phi) is 7.04. The van der Waals surface area contributed by atoms with Crippen molar-refractivity contribution in [2.45, 2.75) is 11.9 Å². The number of hydrogen-bond acceptors (Lipinski definition) is 5. The number of carbonyl (C=O) groups is 2. The Labute approximate surface area is 181 Å². The van der Waals surface area contributed by atoms with Gasteiger partial charge in [-0.1, -0.05) is 42.5 Å². The Morgan fingerprint density at radius 2 is 1.80 bits per heavy atom. The molecule has 6 nitrogen and oxygen atoms in total. The fourth-order valence-electron chi connectivity index (χ4n) is 3.73. The molecule has 4 rings (SSSR count). The van der Waals surface area contributed by atoms with Crippen LogP contribution in [0, 0.1) is 0 Å². The first kappa shape index (κ1) is 20.9. The van der Waals surface area contributed by atoms with E-state index in [4.69, 9.17) is 4.74 Å². The van der Waals surface area contributed by atoms with Crippen LogP contribution in [0.5, 0.6) is 0 Å². The minimum atomic E-state index is -0.0638. The summed E-state index contributed by atoms with van der Waals surface area (Å²) in [6, 6.07) is 17.7. The number of thioether (sulfide) groups is 1. The zero-order chi connectivity index (χ0) is 20.8. The molecule has 2 fully saturated rings. The van der Waals surface area contributed by atoms with Crippen molar-refractivity contribution in [3.8, 4) is 0 Å². The van der Waals surface area contributed by atoms with Gasteiger partial charge >= 0.3 is 0 Å². The molecule has 2 saturated heterocycles. The van der Waals surface area contributed by atoms with Crippen LogP contribution in [-0.2, 0) is 16.1 Å². The maximum atomic E-state index is 12.5. The van der Waals surface area contributed by atoms with Crippen molar-refractivity contribution in [3.63, 3.8) is 0 Å². The van der Waals surface area contributed by atoms with Crippen molar-refractivity contribution in [1.29, 1.82) is 0 Å². The Morgan fingerprint density at radius 3 is 2.53 bits per heavy atom. The van der Waals surface area contributed by atoms with Gasteiger partial charge in [-0.05, 0) is 23.3 Å². The molecule has 1 unspecified atom stereocenters. The van der Waals surface area contributed by atoms with E-state index >= 15 is 0 Å². The highest BCUT2D eigenvalue weighted by Gasteiger charge is 2.32. The predicted octanol–water partition coefficient (Wildman–Crippen LogP) is 2.52. The van der Waals surface area contributed by atoms with Crippen molar-refractivity contribution >= 4 is 23.6 Å². The van der Waals surface area contributed by atoms with Crippen LogP contribution in [0.3, 0.4) is 0 Å². The molecule has 30 heavy (non-hydrogen) atoms. The molecule has 0 aromatic heterocycles. The second-order valence-corrected chi connectivity index (χ2v) is 8.57. The molecule has 7 heteroatoms. The van der Waals surface area contributed by atoms with Gasteiger partial charge in [-0.25, -0.2) is 0 Å². The van der Waals surface area contributed by atoms with Crippen molar-refractivity contribution in [3.05, 3.63) is 71.3 Å². The first-order chi connectivity index (χ1) is 14.7. The number of benzene rings is 2. The van der Waals surface area contributed by atoms with Gasteiger partial charge in [0.25, 0.3) is 5.91 Å². The third kappa shape index (κ3) is 5.22. The third-order valence-electron chi connectivity index (χ3n) is 5.44. The Balaban J connectivity index is 1.33. The monoisotopic (exact) mass is 425 g/mol. The average Bonchev–Trinajstić information content (AvgIpc) is 3.15. The Morgan fingerprint density at radius 1 is 1.07 bits per heavy atom. The Bertz CT molecular complexity index is 854. The second-order valence-electron chi connectivity index (χ2n) is 7.50. The minimum Gasteiger partial charge on any atom is -0.379 e. The van der Waals surface area contributed by atoms with E-state index in [1.165, 1.54) is 0 Å². The molecule has 2 aliphatic rings. The van der Waals surface area contributed by atoms with E-state index in [2.05, 4.69) is 10.2 Å². The Hall–Kier alpha value is -2.35. The van der Waals surface area contributed by atoms with Gasteiger partial charge in [0.15, 0.2) is 0 Å². The summed E-state index contributed by atoms with van der Waals surface area (Å²) in [6.45, 7) is 5.42. The van der Waals surface area contributed by atoms with Gasteiger partial charge < -0.3 is 15.0 Å². The van der Waals surface area contributed by atoms with Crippen LogP contribution >= 0.6 is 11.8 Å². The molecule has 2 amide bonds. The number of nitrogens with zero attached hydrogens (tertiary/aromatic N) is 2. The molecule has 2 aromatic carbocycles. The molecule has 2 heterocycles. The number of rotatable bonds is 7. The van der Waals surface area contributed by atoms with Gasteiger partial charge in [0, 0.05) is 38.3 Å². The van der Waals surface area contributed by atoms with Gasteiger partial charge in [0.1, 0.15) is 5.37 Å². The molecule has 1 atom stereocenters. The number of amides is 2. The molecule has 2 aliphatic heterocycles. The third-order valence-corrected chi connectivity index (χ3v) is 6.70. The standard InChI is InChI=1S/C23H27N3O3S/c27-21-17-30-23(26(21)16-18-4-2-1-3-5-18)20-8-6-19(7-9-20)22(28)24-10-11-25-12-14-29-15-13-25/h1-9,23H,10-17H2,(H,24,28). The molecule has 158 valence electrons. The van der Waals surface area contributed by atoms with E-state index in [9.17, 15) is 9.59 Å². The smallest absolute Gasteiger partial charge is 0.251 e. The molecular formula is C23H27N3O3S. The normalized spacial score (nSPS) is 19.8. The number of carbonyl (C=O) groups excluding carboxylic acids is 2. The van der Waals surface area contributed by atoms with E-state index in [1.807, 2.05) is 59.5 Å². The SMILES string of the molecule is O=C(NCCN1CCOCC1)c1ccc(C2SCC(=O)N2Cc2ccccc2)cc1. The summed E-state index contributed by atoms with van der Waals surface area (Å²) in [5.41, 5.74) is 2.81. The highest BCUT2D eigenvalue weighted by Crippen LogP contribution is 2.39. The number of ether oxygens (including phenoxy) is 1. The summed E-state index contributed by atoms with van der Waals surface area (Å²) in [5.74, 6) is 0.575. The fourth-order valence-corrected chi connectivity index (χ4v) is 4.92. The lowest BCUT2D eigenvalue weighted by atomic mass is 10.1. The quantitative estimate of drug-likeness (QED) is 0.739. The second kappa shape index (κ2) is 10.1. The van der Waals surface area contributed by atoms with Crippen LogP contribution in [0.4, 0.5) is 0 Å². The first-order valence-electron chi connectivity index (χ1n) is 10.3. The van der Waals surface area contributed by atoms with Crippen LogP contribution < -0.4 is 5.32 Å². The predicted molar refractivity (Wildman–Crippen MR) is 118 cm³/mol. The first-order valence-corrected chi connectivity index (χ1v) is 11.4. The summed E-state index contributed by atoms with van der Waals surface area (Å²) >= 11 is 1.63. The van der Waals surface area contributed by atoms with Crippen molar-refractivity contribution in [2.75, 3.05) is 45.1 Å². The summed E-state index contributed by atoms with van der Waals surface area (Å²) in [5, 5.41) is 2.98. The van der Waals surface area contributed by atoms with E-state index in [0.29, 0.717) is 24.4 Å². The largest absolute Gasteiger partial charge is 0.379 e. The van der Waals surface area contributed by atoms with Crippen molar-refractivity contribution in [2.24, 2.45) is 0 Å². The van der Waals surface area contributed by atoms with Crippen LogP contribution in [0.2, 0.25) is 0 Å². The van der Waals surface area contributed by atoms with Gasteiger partial charge in [0.05, 0.1) is 19.0 Å². The molecule has 1 N–H and O–H groups in total. The molecule has 0 spiro atoms. The number of morpholine rings is 1. The lowest BCUT2D eigenvalue weighted by Crippen LogP contribution is -2.41. The van der Waals surface area contributed by atoms with Gasteiger partial charge in [0.2, 0.25) is 5.91 Å². The molecular weight excluding hydrogens is 398 g/mol. The van der Waals surface area contributed by atoms with Crippen LogP contribution in [0.1, 0.15) is 26.9 Å². The average molecular weight is 426 g/mol. The summed E-state index contributed by atoms with van der Waals surface area (Å²) in [7, 11) is 0. The van der Waals surface area contributed by atoms with Crippen LogP contribution in [-0.4, -0.2) is 66.8 Å². The maximum absolute atomic E-state index is 12.5. The van der Waals surface area contributed by atoms with Gasteiger partial charge in [-0.3, -0.25) is 14.5 Å². The highest BCUT2D eigenvalue weighted by atomic mass is 32.2. The highest BCUT2D eigenvalue weighted by molar-refractivity contribution is 8.00. The topological polar surface area (TPSA) is 61.9 Å². The molecule has 2 aromatic rings. The van der Waals surface area contributed by atoms with Crippen molar-refractivity contribution < 1.29 is 14.3 Å². The number of nitrogens with one attached hydrogen (secondary N) is 1. The molecule has 0 bridgehead atoms. The molecule has 0 aliphatic carbocycles. The lowest BCUT2D eigenvalue weighted by molar-refractivity contribution is -0.128. The summed E-state index contributed by atoms with van der Waals surface area (Å²) < 4.78 is 5.34. The van der Waals surface area contributed by atoms with Gasteiger partial charge in [-0.15, -0.1) is 11.8 Å². The van der Waals surface area contributed by atoms with E-state index < -0.39 is 0 Å². The number of hydrogen-bond donors (Lipinski definition) is 1. The molecule has 0 saturated carbocycles. The zero-order valence-electron chi connectivity index (χ0n) is 17.0. The van der Waals surface area contributed by atoms with E-state index in [-0.39, 0.29) is 17.2 Å². The lowest BCUT2D eigenvalue weighted by Gasteiger charge is -2.26. The minimum absolute atomic E-state index is 0.0175. The van der Waals surface area contributed by atoms with Gasteiger partial charge in [-0.2, -0.15) is 0 Å². The summed E-state index contributed by atoms with van der Waals surface area (Å²) in [4.78, 5) is 29.1. The van der Waals surface area contributed by atoms with E-state index in [0.717, 1.165) is 44.0 Å². The fraction of sp³-hybridized carbons (Fsp3) is 0.391. The molecule has 0 radical (unpaired) electrons. The maximum Gasteiger partial charge on any atom is 0.251 e. The summed E-state index contributed by atoms with van der Waals surface area (Å²) in [6.07, 6.45) is 0. The zero-order valence-corrected chi connectivity index (χ0v) is 17.8. The van der Waals surface area contributed by atoms with Crippen LogP contribution in [0.25, 0.3) is 0 Å².